The molecule has 0 saturated carbocycles. The average molecular weight is 286 g/mol. The van der Waals surface area contributed by atoms with E-state index < -0.39 is 0 Å². The van der Waals surface area contributed by atoms with Gasteiger partial charge in [-0.05, 0) is 17.7 Å². The van der Waals surface area contributed by atoms with Crippen LogP contribution in [0.4, 0.5) is 0 Å². The van der Waals surface area contributed by atoms with Crippen molar-refractivity contribution in [2.75, 3.05) is 6.16 Å². The lowest BCUT2D eigenvalue weighted by Gasteiger charge is -2.17. The third-order valence-corrected chi connectivity index (χ3v) is 5.35. The molecule has 0 rings (SSSR count). The molecule has 0 aromatic rings. The topological polar surface area (TPSA) is 0 Å². The Hall–Kier alpha value is 0.430. The third-order valence-electron chi connectivity index (χ3n) is 3.69. The molecule has 19 heavy (non-hydrogen) atoms. The molecule has 0 fully saturated rings. The second-order valence-corrected chi connectivity index (χ2v) is 9.42. The molecule has 0 heterocycles. The minimum absolute atomic E-state index is 0.567. The minimum atomic E-state index is 0.567. The van der Waals surface area contributed by atoms with Gasteiger partial charge in [0.05, 0.1) is 0 Å². The summed E-state index contributed by atoms with van der Waals surface area (Å²) in [7, 11) is 1.15. The molecule has 0 N–H and O–H groups in total. The van der Waals surface area contributed by atoms with E-state index in [-0.39, 0.29) is 0 Å². The van der Waals surface area contributed by atoms with Gasteiger partial charge < -0.3 is 0 Å². The van der Waals surface area contributed by atoms with Gasteiger partial charge in [-0.3, -0.25) is 0 Å². The first-order chi connectivity index (χ1) is 9.06. The van der Waals surface area contributed by atoms with Crippen LogP contribution >= 0.6 is 8.58 Å². The zero-order valence-electron chi connectivity index (χ0n) is 14.2. The lowest BCUT2D eigenvalue weighted by Crippen LogP contribution is -2.05. The normalized spacial score (nSPS) is 12.6. The fourth-order valence-corrected chi connectivity index (χ4v) is 3.61. The molecule has 0 aliphatic rings. The Labute approximate surface area is 125 Å². The van der Waals surface area contributed by atoms with Crippen molar-refractivity contribution < 1.29 is 0 Å². The van der Waals surface area contributed by atoms with Crippen LogP contribution in [-0.2, 0) is 0 Å². The van der Waals surface area contributed by atoms with Crippen LogP contribution in [0.25, 0.3) is 0 Å². The summed E-state index contributed by atoms with van der Waals surface area (Å²) < 4.78 is 0. The summed E-state index contributed by atoms with van der Waals surface area (Å²) >= 11 is 0. The molecule has 0 radical (unpaired) electrons. The summed E-state index contributed by atoms with van der Waals surface area (Å²) in [5.74, 6) is 0. The predicted octanol–water partition coefficient (Wildman–Crippen LogP) is 7.16. The molecular formula is C18H39P. The van der Waals surface area contributed by atoms with Gasteiger partial charge in [0.1, 0.15) is 0 Å². The molecule has 1 heteroatoms. The van der Waals surface area contributed by atoms with Gasteiger partial charge in [-0.25, -0.2) is 0 Å². The summed E-state index contributed by atoms with van der Waals surface area (Å²) in [4.78, 5) is 0. The van der Waals surface area contributed by atoms with Crippen LogP contribution in [0, 0.1) is 0 Å². The van der Waals surface area contributed by atoms with Gasteiger partial charge in [-0.15, -0.1) is 8.58 Å². The van der Waals surface area contributed by atoms with Crippen LogP contribution in [0.15, 0.2) is 0 Å². The Kier molecular flexibility index (Phi) is 13.7. The minimum Gasteiger partial charge on any atom is -0.117 e. The van der Waals surface area contributed by atoms with Gasteiger partial charge in [-0.2, -0.15) is 0 Å². The Balaban J connectivity index is 2.99. The Morgan fingerprint density at radius 3 is 1.32 bits per heavy atom. The summed E-state index contributed by atoms with van der Waals surface area (Å²) in [6, 6.07) is 0. The molecule has 0 nitrogen and oxygen atoms in total. The fourth-order valence-electron chi connectivity index (χ4n) is 2.43. The molecular weight excluding hydrogens is 247 g/mol. The molecule has 0 aromatic heterocycles. The van der Waals surface area contributed by atoms with E-state index in [4.69, 9.17) is 0 Å². The predicted molar refractivity (Wildman–Crippen MR) is 94.0 cm³/mol. The van der Waals surface area contributed by atoms with E-state index in [9.17, 15) is 0 Å². The maximum Gasteiger partial charge on any atom is -0.0207 e. The Morgan fingerprint density at radius 2 is 0.947 bits per heavy atom. The first-order valence-corrected chi connectivity index (χ1v) is 10.0. The van der Waals surface area contributed by atoms with Gasteiger partial charge in [0, 0.05) is 0 Å². The Morgan fingerprint density at radius 1 is 0.579 bits per heavy atom. The van der Waals surface area contributed by atoms with E-state index in [1.165, 1.54) is 83.2 Å². The van der Waals surface area contributed by atoms with Gasteiger partial charge in [0.15, 0.2) is 0 Å². The SMILES string of the molecule is CCCCCCCCCCCCCCPC(C)(C)C. The van der Waals surface area contributed by atoms with Crippen molar-refractivity contribution in [2.24, 2.45) is 0 Å². The maximum atomic E-state index is 2.37. The highest BCUT2D eigenvalue weighted by atomic mass is 31.1. The average Bonchev–Trinajstić information content (AvgIpc) is 2.34. The summed E-state index contributed by atoms with van der Waals surface area (Å²) in [5.41, 5.74) is 0. The molecule has 1 unspecified atom stereocenters. The van der Waals surface area contributed by atoms with E-state index in [2.05, 4.69) is 27.7 Å². The molecule has 0 aliphatic carbocycles. The first-order valence-electron chi connectivity index (χ1n) is 8.81. The van der Waals surface area contributed by atoms with Crippen LogP contribution < -0.4 is 0 Å². The monoisotopic (exact) mass is 286 g/mol. The lowest BCUT2D eigenvalue weighted by molar-refractivity contribution is 0.548. The summed E-state index contributed by atoms with van der Waals surface area (Å²) in [6.07, 6.45) is 19.0. The van der Waals surface area contributed by atoms with Crippen LogP contribution in [0.3, 0.4) is 0 Å². The number of rotatable bonds is 13. The van der Waals surface area contributed by atoms with Crippen molar-refractivity contribution in [3.05, 3.63) is 0 Å². The molecule has 0 saturated heterocycles. The van der Waals surface area contributed by atoms with Gasteiger partial charge in [0.25, 0.3) is 0 Å². The van der Waals surface area contributed by atoms with E-state index in [1.54, 1.807) is 0 Å². The third kappa shape index (κ3) is 18.4. The highest BCUT2D eigenvalue weighted by Gasteiger charge is 2.08. The second kappa shape index (κ2) is 13.4. The molecule has 0 aromatic carbocycles. The zero-order valence-corrected chi connectivity index (χ0v) is 15.2. The van der Waals surface area contributed by atoms with Crippen molar-refractivity contribution >= 4 is 8.58 Å². The zero-order chi connectivity index (χ0) is 14.4. The summed E-state index contributed by atoms with van der Waals surface area (Å²) in [6.45, 7) is 9.39. The molecule has 0 bridgehead atoms. The highest BCUT2D eigenvalue weighted by molar-refractivity contribution is 7.39. The van der Waals surface area contributed by atoms with Crippen molar-refractivity contribution in [3.8, 4) is 0 Å². The highest BCUT2D eigenvalue weighted by Crippen LogP contribution is 2.31. The van der Waals surface area contributed by atoms with Crippen molar-refractivity contribution in [2.45, 2.75) is 110 Å². The quantitative estimate of drug-likeness (QED) is 0.249. The lowest BCUT2D eigenvalue weighted by atomic mass is 10.1. The van der Waals surface area contributed by atoms with E-state index in [0.717, 1.165) is 8.58 Å². The molecule has 0 amide bonds. The standard InChI is InChI=1S/C18H39P/c1-5-6-7-8-9-10-11-12-13-14-15-16-17-19-18(2,3)4/h19H,5-17H2,1-4H3. The smallest absolute Gasteiger partial charge is 0.0207 e. The van der Waals surface area contributed by atoms with Crippen molar-refractivity contribution in [3.63, 3.8) is 0 Å². The van der Waals surface area contributed by atoms with Crippen molar-refractivity contribution in [1.29, 1.82) is 0 Å². The van der Waals surface area contributed by atoms with E-state index in [1.807, 2.05) is 0 Å². The van der Waals surface area contributed by atoms with Crippen LogP contribution in [0.5, 0.6) is 0 Å². The first kappa shape index (κ1) is 19.4. The molecule has 1 atom stereocenters. The van der Waals surface area contributed by atoms with Crippen LogP contribution in [0.1, 0.15) is 105 Å². The largest absolute Gasteiger partial charge is 0.117 e. The summed E-state index contributed by atoms with van der Waals surface area (Å²) in [5, 5.41) is 0.567. The van der Waals surface area contributed by atoms with Gasteiger partial charge >= 0.3 is 0 Å². The molecule has 0 aliphatic heterocycles. The van der Waals surface area contributed by atoms with Crippen LogP contribution in [0.2, 0.25) is 0 Å². The van der Waals surface area contributed by atoms with Gasteiger partial charge in [-0.1, -0.05) is 98.3 Å². The van der Waals surface area contributed by atoms with Gasteiger partial charge in [0.2, 0.25) is 0 Å². The van der Waals surface area contributed by atoms with E-state index >= 15 is 0 Å². The molecule has 0 spiro atoms. The maximum absolute atomic E-state index is 2.37. The fraction of sp³-hybridized carbons (Fsp3) is 1.00. The van der Waals surface area contributed by atoms with Crippen LogP contribution in [-0.4, -0.2) is 11.3 Å². The molecule has 116 valence electrons. The Bertz CT molecular complexity index is 169. The number of hydrogen-bond acceptors (Lipinski definition) is 0. The van der Waals surface area contributed by atoms with Crippen molar-refractivity contribution in [1.82, 2.24) is 0 Å². The number of unbranched alkanes of at least 4 members (excludes halogenated alkanes) is 11. The van der Waals surface area contributed by atoms with E-state index in [0.29, 0.717) is 5.16 Å². The number of hydrogen-bond donors (Lipinski definition) is 0. The second-order valence-electron chi connectivity index (χ2n) is 7.07.